The van der Waals surface area contributed by atoms with Gasteiger partial charge in [-0.3, -0.25) is 0 Å². The molecule has 0 aromatic carbocycles. The van der Waals surface area contributed by atoms with Gasteiger partial charge in [-0.05, 0) is 31.7 Å². The first-order valence-corrected chi connectivity index (χ1v) is 7.13. The van der Waals surface area contributed by atoms with Gasteiger partial charge in [0.15, 0.2) is 0 Å². The summed E-state index contributed by atoms with van der Waals surface area (Å²) >= 11 is 0. The fourth-order valence-electron chi connectivity index (χ4n) is 1.26. The van der Waals surface area contributed by atoms with E-state index in [0.29, 0.717) is 13.1 Å². The molecule has 4 nitrogen and oxygen atoms in total. The molecule has 0 spiro atoms. The van der Waals surface area contributed by atoms with Crippen LogP contribution in [0.2, 0.25) is 0 Å². The maximum atomic E-state index is 11.8. The summed E-state index contributed by atoms with van der Waals surface area (Å²) in [6, 6.07) is 0. The largest absolute Gasteiger partial charge is 0.316 e. The van der Waals surface area contributed by atoms with E-state index in [1.807, 2.05) is 6.92 Å². The number of hydrogen-bond acceptors (Lipinski definition) is 3. The smallest absolute Gasteiger partial charge is 0.215 e. The molecular formula is C10H22N2O2S. The second kappa shape index (κ2) is 4.80. The number of hydrogen-bond donors (Lipinski definition) is 2. The first-order valence-electron chi connectivity index (χ1n) is 5.59. The molecule has 2 N–H and O–H groups in total. The lowest BCUT2D eigenvalue weighted by atomic mass is 10.2. The second-order valence-corrected chi connectivity index (χ2v) is 6.98. The van der Waals surface area contributed by atoms with Crippen LogP contribution in [0.3, 0.4) is 0 Å². The van der Waals surface area contributed by atoms with Crippen molar-refractivity contribution >= 4 is 10.0 Å². The Hall–Kier alpha value is -0.130. The summed E-state index contributed by atoms with van der Waals surface area (Å²) in [6.07, 6.45) is 2.27. The zero-order valence-electron chi connectivity index (χ0n) is 9.84. The zero-order chi connectivity index (χ0) is 11.5. The van der Waals surface area contributed by atoms with Gasteiger partial charge >= 0.3 is 0 Å². The van der Waals surface area contributed by atoms with E-state index in [4.69, 9.17) is 0 Å². The van der Waals surface area contributed by atoms with Gasteiger partial charge in [-0.25, -0.2) is 13.1 Å². The molecule has 1 aliphatic carbocycles. The highest BCUT2D eigenvalue weighted by atomic mass is 32.2. The van der Waals surface area contributed by atoms with E-state index in [1.54, 1.807) is 6.92 Å². The van der Waals surface area contributed by atoms with Gasteiger partial charge in [0.05, 0.1) is 5.25 Å². The molecule has 0 bridgehead atoms. The van der Waals surface area contributed by atoms with Crippen LogP contribution in [0.25, 0.3) is 0 Å². The summed E-state index contributed by atoms with van der Waals surface area (Å²) in [5, 5.41) is 2.69. The summed E-state index contributed by atoms with van der Waals surface area (Å²) in [5.41, 5.74) is 0.227. The molecule has 5 heteroatoms. The number of rotatable bonds is 7. The summed E-state index contributed by atoms with van der Waals surface area (Å²) in [4.78, 5) is 0. The molecule has 0 radical (unpaired) electrons. The van der Waals surface area contributed by atoms with E-state index >= 15 is 0 Å². The summed E-state index contributed by atoms with van der Waals surface area (Å²) in [6.45, 7) is 7.73. The van der Waals surface area contributed by atoms with Gasteiger partial charge in [-0.15, -0.1) is 0 Å². The molecule has 0 amide bonds. The molecule has 1 unspecified atom stereocenters. The fourth-order valence-corrected chi connectivity index (χ4v) is 2.44. The summed E-state index contributed by atoms with van der Waals surface area (Å²) in [7, 11) is -3.14. The minimum atomic E-state index is -3.14. The molecule has 0 saturated heterocycles. The van der Waals surface area contributed by atoms with Crippen LogP contribution >= 0.6 is 0 Å². The third-order valence-electron chi connectivity index (χ3n) is 3.02. The Balaban J connectivity index is 2.36. The van der Waals surface area contributed by atoms with Crippen molar-refractivity contribution in [3.63, 3.8) is 0 Å². The highest BCUT2D eigenvalue weighted by Crippen LogP contribution is 2.44. The highest BCUT2D eigenvalue weighted by Gasteiger charge is 2.38. The van der Waals surface area contributed by atoms with E-state index in [0.717, 1.165) is 19.4 Å². The Morgan fingerprint density at radius 1 is 1.40 bits per heavy atom. The van der Waals surface area contributed by atoms with Crippen molar-refractivity contribution in [1.82, 2.24) is 10.0 Å². The zero-order valence-corrected chi connectivity index (χ0v) is 10.7. The first-order chi connectivity index (χ1) is 6.90. The molecule has 1 saturated carbocycles. The first kappa shape index (κ1) is 12.9. The van der Waals surface area contributed by atoms with Gasteiger partial charge < -0.3 is 5.32 Å². The summed E-state index contributed by atoms with van der Waals surface area (Å²) in [5.74, 6) is 0. The van der Waals surface area contributed by atoms with E-state index in [9.17, 15) is 8.42 Å². The normalized spacial score (nSPS) is 21.3. The van der Waals surface area contributed by atoms with E-state index in [2.05, 4.69) is 17.0 Å². The van der Waals surface area contributed by atoms with Crippen LogP contribution in [0.15, 0.2) is 0 Å². The van der Waals surface area contributed by atoms with Crippen molar-refractivity contribution in [2.75, 3.05) is 19.6 Å². The van der Waals surface area contributed by atoms with Crippen LogP contribution in [0.1, 0.15) is 33.6 Å². The molecule has 15 heavy (non-hydrogen) atoms. The van der Waals surface area contributed by atoms with Crippen LogP contribution in [-0.2, 0) is 10.0 Å². The molecule has 1 aliphatic rings. The number of sulfonamides is 1. The second-order valence-electron chi connectivity index (χ2n) is 4.80. The van der Waals surface area contributed by atoms with E-state index in [1.165, 1.54) is 0 Å². The Kier molecular flexibility index (Phi) is 4.14. The minimum absolute atomic E-state index is 0.227. The SMILES string of the molecule is CCNCC(C)S(=O)(=O)NCC1(C)CC1. The van der Waals surface area contributed by atoms with Gasteiger partial charge in [0.2, 0.25) is 10.0 Å². The van der Waals surface area contributed by atoms with Gasteiger partial charge in [0, 0.05) is 13.1 Å². The van der Waals surface area contributed by atoms with Crippen molar-refractivity contribution in [1.29, 1.82) is 0 Å². The minimum Gasteiger partial charge on any atom is -0.316 e. The van der Waals surface area contributed by atoms with Crippen molar-refractivity contribution in [3.8, 4) is 0 Å². The average molecular weight is 234 g/mol. The predicted molar refractivity (Wildman–Crippen MR) is 62.3 cm³/mol. The topological polar surface area (TPSA) is 58.2 Å². The molecule has 1 rings (SSSR count). The Labute approximate surface area is 92.9 Å². The van der Waals surface area contributed by atoms with Crippen LogP contribution in [0.4, 0.5) is 0 Å². The van der Waals surface area contributed by atoms with Crippen molar-refractivity contribution < 1.29 is 8.42 Å². The monoisotopic (exact) mass is 234 g/mol. The lowest BCUT2D eigenvalue weighted by molar-refractivity contribution is 0.520. The van der Waals surface area contributed by atoms with Gasteiger partial charge in [-0.1, -0.05) is 13.8 Å². The molecule has 0 heterocycles. The van der Waals surface area contributed by atoms with E-state index < -0.39 is 10.0 Å². The highest BCUT2D eigenvalue weighted by molar-refractivity contribution is 7.90. The number of nitrogens with one attached hydrogen (secondary N) is 2. The van der Waals surface area contributed by atoms with Gasteiger partial charge in [0.1, 0.15) is 0 Å². The third-order valence-corrected chi connectivity index (χ3v) is 4.79. The van der Waals surface area contributed by atoms with Crippen LogP contribution in [-0.4, -0.2) is 33.3 Å². The van der Waals surface area contributed by atoms with Crippen LogP contribution in [0.5, 0.6) is 0 Å². The molecule has 1 fully saturated rings. The third kappa shape index (κ3) is 4.09. The van der Waals surface area contributed by atoms with Crippen molar-refractivity contribution in [2.45, 2.75) is 38.9 Å². The van der Waals surface area contributed by atoms with Gasteiger partial charge in [-0.2, -0.15) is 0 Å². The van der Waals surface area contributed by atoms with Crippen LogP contribution in [0, 0.1) is 5.41 Å². The van der Waals surface area contributed by atoms with Crippen LogP contribution < -0.4 is 10.0 Å². The van der Waals surface area contributed by atoms with Crippen molar-refractivity contribution in [3.05, 3.63) is 0 Å². The lowest BCUT2D eigenvalue weighted by Crippen LogP contribution is -2.40. The molecule has 1 atom stereocenters. The molecule has 0 aromatic rings. The maximum Gasteiger partial charge on any atom is 0.215 e. The Morgan fingerprint density at radius 3 is 2.47 bits per heavy atom. The molecular weight excluding hydrogens is 212 g/mol. The van der Waals surface area contributed by atoms with E-state index in [-0.39, 0.29) is 10.7 Å². The Bertz CT molecular complexity index is 297. The molecule has 90 valence electrons. The fraction of sp³-hybridized carbons (Fsp3) is 1.00. The standard InChI is InChI=1S/C10H22N2O2S/c1-4-11-7-9(2)15(13,14)12-8-10(3)5-6-10/h9,11-12H,4-8H2,1-3H3. The summed E-state index contributed by atoms with van der Waals surface area (Å²) < 4.78 is 26.2. The van der Waals surface area contributed by atoms with Crippen molar-refractivity contribution in [2.24, 2.45) is 5.41 Å². The molecule has 0 aliphatic heterocycles. The quantitative estimate of drug-likeness (QED) is 0.682. The van der Waals surface area contributed by atoms with Gasteiger partial charge in [0.25, 0.3) is 0 Å². The average Bonchev–Trinajstić information content (AvgIpc) is 2.91. The Morgan fingerprint density at radius 2 is 2.00 bits per heavy atom. The lowest BCUT2D eigenvalue weighted by Gasteiger charge is -2.16. The predicted octanol–water partition coefficient (Wildman–Crippen LogP) is 0.704. The molecule has 0 aromatic heterocycles. The maximum absolute atomic E-state index is 11.8.